The molecule has 3 aromatic heterocycles. The second-order valence-corrected chi connectivity index (χ2v) is 8.57. The zero-order valence-electron chi connectivity index (χ0n) is 17.2. The van der Waals surface area contributed by atoms with Gasteiger partial charge in [-0.2, -0.15) is 4.37 Å². The summed E-state index contributed by atoms with van der Waals surface area (Å²) in [6, 6.07) is 13.1. The summed E-state index contributed by atoms with van der Waals surface area (Å²) in [7, 11) is 0. The normalized spacial score (nSPS) is 11.2. The van der Waals surface area contributed by atoms with E-state index in [2.05, 4.69) is 19.7 Å². The van der Waals surface area contributed by atoms with Crippen LogP contribution in [0.1, 0.15) is 12.8 Å². The summed E-state index contributed by atoms with van der Waals surface area (Å²) in [5, 5.41) is 13.6. The van der Waals surface area contributed by atoms with Crippen LogP contribution in [0, 0.1) is 0 Å². The molecule has 0 aliphatic rings. The number of aliphatic carboxylic acids is 1. The maximum absolute atomic E-state index is 10.9. The number of halogens is 1. The highest BCUT2D eigenvalue weighted by molar-refractivity contribution is 7.13. The Morgan fingerprint density at radius 2 is 2.09 bits per heavy atom. The van der Waals surface area contributed by atoms with Gasteiger partial charge >= 0.3 is 5.97 Å². The van der Waals surface area contributed by atoms with E-state index in [1.54, 1.807) is 18.3 Å². The molecule has 10 heteroatoms. The first kappa shape index (κ1) is 21.2. The lowest BCUT2D eigenvalue weighted by molar-refractivity contribution is -0.137. The summed E-state index contributed by atoms with van der Waals surface area (Å²) in [4.78, 5) is 19.5. The smallest absolute Gasteiger partial charge is 0.303 e. The Balaban J connectivity index is 1.39. The molecule has 2 aromatic carbocycles. The maximum atomic E-state index is 10.9. The van der Waals surface area contributed by atoms with Crippen LogP contribution in [0.5, 0.6) is 11.5 Å². The van der Waals surface area contributed by atoms with Gasteiger partial charge in [-0.3, -0.25) is 4.79 Å². The second kappa shape index (κ2) is 9.05. The molecule has 33 heavy (non-hydrogen) atoms. The number of fused-ring (bicyclic) bond motifs is 2. The van der Waals surface area contributed by atoms with Crippen LogP contribution in [0.2, 0.25) is 5.02 Å². The van der Waals surface area contributed by atoms with E-state index in [1.165, 1.54) is 17.9 Å². The van der Waals surface area contributed by atoms with E-state index < -0.39 is 5.97 Å². The number of nitrogens with one attached hydrogen (secondary N) is 1. The Morgan fingerprint density at radius 3 is 2.94 bits per heavy atom. The number of anilines is 2. The predicted octanol–water partition coefficient (Wildman–Crippen LogP) is 6.10. The SMILES string of the molecule is O=C(O)CCCn1ccc2ncnc(Nc3ccc(Oc4cccc5sncc45)c(Cl)c3)c21. The van der Waals surface area contributed by atoms with Gasteiger partial charge in [0.05, 0.1) is 26.8 Å². The molecule has 2 N–H and O–H groups in total. The van der Waals surface area contributed by atoms with E-state index >= 15 is 0 Å². The molecule has 0 radical (unpaired) electrons. The van der Waals surface area contributed by atoms with Crippen LogP contribution in [0.3, 0.4) is 0 Å². The minimum Gasteiger partial charge on any atom is -0.481 e. The van der Waals surface area contributed by atoms with Crippen molar-refractivity contribution in [2.24, 2.45) is 0 Å². The largest absolute Gasteiger partial charge is 0.481 e. The first-order valence-electron chi connectivity index (χ1n) is 10.2. The Kier molecular flexibility index (Phi) is 5.80. The Bertz CT molecular complexity index is 1470. The van der Waals surface area contributed by atoms with Gasteiger partial charge in [0, 0.05) is 24.8 Å². The third kappa shape index (κ3) is 4.46. The van der Waals surface area contributed by atoms with E-state index in [0.717, 1.165) is 26.8 Å². The van der Waals surface area contributed by atoms with Crippen molar-refractivity contribution in [1.29, 1.82) is 0 Å². The fourth-order valence-corrected chi connectivity index (χ4v) is 4.47. The van der Waals surface area contributed by atoms with Gasteiger partial charge in [-0.05, 0) is 54.4 Å². The third-order valence-corrected chi connectivity index (χ3v) is 6.17. The number of ether oxygens (including phenoxy) is 1. The number of benzene rings is 2. The molecule has 0 amide bonds. The fraction of sp³-hybridized carbons (Fsp3) is 0.130. The van der Waals surface area contributed by atoms with Crippen LogP contribution in [0.4, 0.5) is 11.5 Å². The van der Waals surface area contributed by atoms with E-state index in [1.807, 2.05) is 41.1 Å². The maximum Gasteiger partial charge on any atom is 0.303 e. The number of nitrogens with zero attached hydrogens (tertiary/aromatic N) is 4. The van der Waals surface area contributed by atoms with Crippen molar-refractivity contribution in [3.05, 3.63) is 66.2 Å². The summed E-state index contributed by atoms with van der Waals surface area (Å²) >= 11 is 7.94. The van der Waals surface area contributed by atoms with Gasteiger partial charge in [0.25, 0.3) is 0 Å². The van der Waals surface area contributed by atoms with E-state index in [0.29, 0.717) is 35.3 Å². The van der Waals surface area contributed by atoms with Crippen molar-refractivity contribution in [3.8, 4) is 11.5 Å². The van der Waals surface area contributed by atoms with E-state index in [9.17, 15) is 4.79 Å². The minimum absolute atomic E-state index is 0.0996. The Hall–Kier alpha value is -3.69. The highest BCUT2D eigenvalue weighted by Gasteiger charge is 2.13. The summed E-state index contributed by atoms with van der Waals surface area (Å²) in [6.07, 6.45) is 5.77. The molecule has 0 aliphatic heterocycles. The molecule has 0 atom stereocenters. The average Bonchev–Trinajstić information content (AvgIpc) is 3.44. The van der Waals surface area contributed by atoms with Crippen molar-refractivity contribution in [3.63, 3.8) is 0 Å². The summed E-state index contributed by atoms with van der Waals surface area (Å²) in [5.41, 5.74) is 2.31. The molecule has 8 nitrogen and oxygen atoms in total. The minimum atomic E-state index is -0.815. The van der Waals surface area contributed by atoms with Crippen molar-refractivity contribution in [2.75, 3.05) is 5.32 Å². The van der Waals surface area contributed by atoms with Crippen LogP contribution in [0.25, 0.3) is 21.1 Å². The summed E-state index contributed by atoms with van der Waals surface area (Å²) < 4.78 is 13.3. The lowest BCUT2D eigenvalue weighted by atomic mass is 10.2. The molecule has 0 saturated carbocycles. The van der Waals surface area contributed by atoms with Crippen LogP contribution in [-0.2, 0) is 11.3 Å². The van der Waals surface area contributed by atoms with E-state index in [4.69, 9.17) is 21.4 Å². The number of aromatic nitrogens is 4. The van der Waals surface area contributed by atoms with Gasteiger partial charge in [-0.15, -0.1) is 0 Å². The highest BCUT2D eigenvalue weighted by atomic mass is 35.5. The van der Waals surface area contributed by atoms with Crippen molar-refractivity contribution in [1.82, 2.24) is 18.9 Å². The summed E-state index contributed by atoms with van der Waals surface area (Å²) in [6.45, 7) is 0.550. The summed E-state index contributed by atoms with van der Waals surface area (Å²) in [5.74, 6) is 1.02. The first-order chi connectivity index (χ1) is 16.1. The number of hydrogen-bond acceptors (Lipinski definition) is 7. The Labute approximate surface area is 197 Å². The van der Waals surface area contributed by atoms with Crippen molar-refractivity contribution >= 4 is 61.7 Å². The number of carboxylic acid groups (broad SMARTS) is 1. The average molecular weight is 480 g/mol. The molecular formula is C23H18ClN5O3S. The number of carboxylic acids is 1. The first-order valence-corrected chi connectivity index (χ1v) is 11.3. The zero-order valence-corrected chi connectivity index (χ0v) is 18.8. The zero-order chi connectivity index (χ0) is 22.8. The Morgan fingerprint density at radius 1 is 1.18 bits per heavy atom. The molecule has 0 fully saturated rings. The molecule has 0 aliphatic carbocycles. The molecule has 0 saturated heterocycles. The molecule has 5 aromatic rings. The predicted molar refractivity (Wildman–Crippen MR) is 129 cm³/mol. The van der Waals surface area contributed by atoms with Gasteiger partial charge in [-0.25, -0.2) is 9.97 Å². The molecule has 0 unspecified atom stereocenters. The third-order valence-electron chi connectivity index (χ3n) is 5.11. The fourth-order valence-electron chi connectivity index (χ4n) is 3.58. The molecule has 166 valence electrons. The topological polar surface area (TPSA) is 102 Å². The van der Waals surface area contributed by atoms with Crippen LogP contribution < -0.4 is 10.1 Å². The molecule has 5 rings (SSSR count). The molecule has 0 bridgehead atoms. The number of rotatable bonds is 8. The van der Waals surface area contributed by atoms with Gasteiger partial charge in [-0.1, -0.05) is 17.7 Å². The molecule has 0 spiro atoms. The molecular weight excluding hydrogens is 462 g/mol. The lowest BCUT2D eigenvalue weighted by Crippen LogP contribution is -2.04. The number of aryl methyl sites for hydroxylation is 1. The highest BCUT2D eigenvalue weighted by Crippen LogP contribution is 2.36. The van der Waals surface area contributed by atoms with Gasteiger partial charge in [0.1, 0.15) is 23.3 Å². The van der Waals surface area contributed by atoms with Crippen LogP contribution in [0.15, 0.2) is 61.2 Å². The van der Waals surface area contributed by atoms with Gasteiger partial charge < -0.3 is 19.7 Å². The van der Waals surface area contributed by atoms with Crippen LogP contribution in [-0.4, -0.2) is 30.0 Å². The molecule has 3 heterocycles. The lowest BCUT2D eigenvalue weighted by Gasteiger charge is -2.13. The number of hydrogen-bond donors (Lipinski definition) is 2. The van der Waals surface area contributed by atoms with E-state index in [-0.39, 0.29) is 6.42 Å². The van der Waals surface area contributed by atoms with Crippen LogP contribution >= 0.6 is 23.1 Å². The van der Waals surface area contributed by atoms with Crippen molar-refractivity contribution < 1.29 is 14.6 Å². The number of carbonyl (C=O) groups is 1. The van der Waals surface area contributed by atoms with Gasteiger partial charge in [0.2, 0.25) is 0 Å². The quantitative estimate of drug-likeness (QED) is 0.277. The standard InChI is InChI=1S/C23H18ClN5O3S/c24-16-11-14(6-7-19(16)32-18-3-1-4-20-15(18)12-27-33-20)28-23-22-17(25-13-26-23)8-10-29(22)9-2-5-21(30)31/h1,3-4,6-8,10-13H,2,5,9H2,(H,30,31)(H,25,26,28). The second-order valence-electron chi connectivity index (χ2n) is 7.33. The van der Waals surface area contributed by atoms with Crippen molar-refractivity contribution in [2.45, 2.75) is 19.4 Å². The monoisotopic (exact) mass is 479 g/mol. The van der Waals surface area contributed by atoms with Gasteiger partial charge in [0.15, 0.2) is 5.82 Å².